The van der Waals surface area contributed by atoms with E-state index in [-0.39, 0.29) is 12.3 Å². The number of rotatable bonds is 9. The highest BCUT2D eigenvalue weighted by atomic mass is 16.5. The van der Waals surface area contributed by atoms with Crippen LogP contribution < -0.4 is 19.7 Å². The normalized spacial score (nSPS) is 15.9. The lowest BCUT2D eigenvalue weighted by Gasteiger charge is -2.26. The minimum atomic E-state index is -1.08. The molecule has 0 bridgehead atoms. The van der Waals surface area contributed by atoms with Gasteiger partial charge in [-0.1, -0.05) is 30.3 Å². The third-order valence-electron chi connectivity index (χ3n) is 6.16. The van der Waals surface area contributed by atoms with Gasteiger partial charge in [0.05, 0.1) is 37.9 Å². The highest BCUT2D eigenvalue weighted by Gasteiger charge is 2.33. The number of amides is 1. The molecule has 4 rings (SSSR count). The number of carbonyl (C=O) groups excluding carboxylic acids is 1. The zero-order chi connectivity index (χ0) is 24.8. The molecule has 0 aliphatic carbocycles. The van der Waals surface area contributed by atoms with Gasteiger partial charge in [0.15, 0.2) is 0 Å². The topological polar surface area (TPSA) is 114 Å². The first-order valence-electron chi connectivity index (χ1n) is 11.4. The van der Waals surface area contributed by atoms with Gasteiger partial charge in [-0.15, -0.1) is 0 Å². The average molecular weight is 477 g/mol. The second-order valence-corrected chi connectivity index (χ2v) is 8.29. The predicted octanol–water partition coefficient (Wildman–Crippen LogP) is 2.94. The molecule has 1 fully saturated rings. The van der Waals surface area contributed by atoms with E-state index in [1.165, 1.54) is 6.33 Å². The Bertz CT molecular complexity index is 1150. The van der Waals surface area contributed by atoms with E-state index in [9.17, 15) is 14.7 Å². The van der Waals surface area contributed by atoms with Gasteiger partial charge >= 0.3 is 5.97 Å². The van der Waals surface area contributed by atoms with Crippen molar-refractivity contribution in [3.8, 4) is 22.6 Å². The van der Waals surface area contributed by atoms with Crippen LogP contribution in [0.25, 0.3) is 11.1 Å². The zero-order valence-corrected chi connectivity index (χ0v) is 19.7. The molecule has 2 N–H and O–H groups in total. The zero-order valence-electron chi connectivity index (χ0n) is 19.7. The summed E-state index contributed by atoms with van der Waals surface area (Å²) in [5.41, 5.74) is 3.23. The van der Waals surface area contributed by atoms with E-state index in [2.05, 4.69) is 15.3 Å². The smallest absolute Gasteiger partial charge is 0.326 e. The lowest BCUT2D eigenvalue weighted by molar-refractivity contribution is -0.141. The van der Waals surface area contributed by atoms with Crippen LogP contribution in [0, 0.1) is 0 Å². The van der Waals surface area contributed by atoms with Crippen LogP contribution in [-0.4, -0.2) is 59.8 Å². The van der Waals surface area contributed by atoms with E-state index in [4.69, 9.17) is 9.47 Å². The summed E-state index contributed by atoms with van der Waals surface area (Å²) in [6.45, 7) is 0.692. The fourth-order valence-electron chi connectivity index (χ4n) is 4.43. The molecule has 1 aliphatic heterocycles. The third kappa shape index (κ3) is 5.34. The van der Waals surface area contributed by atoms with Crippen LogP contribution in [-0.2, 0) is 16.0 Å². The van der Waals surface area contributed by atoms with Gasteiger partial charge in [0, 0.05) is 13.0 Å². The number of nitrogens with one attached hydrogen (secondary N) is 1. The van der Waals surface area contributed by atoms with Crippen LogP contribution in [0.2, 0.25) is 0 Å². The Morgan fingerprint density at radius 3 is 2.34 bits per heavy atom. The Morgan fingerprint density at radius 1 is 1.09 bits per heavy atom. The van der Waals surface area contributed by atoms with Crippen LogP contribution in [0.5, 0.6) is 11.5 Å². The first kappa shape index (κ1) is 24.0. The molecule has 1 amide bonds. The minimum absolute atomic E-state index is 0.158. The van der Waals surface area contributed by atoms with Crippen LogP contribution in [0.3, 0.4) is 0 Å². The van der Waals surface area contributed by atoms with Gasteiger partial charge < -0.3 is 24.8 Å². The second-order valence-electron chi connectivity index (χ2n) is 8.29. The molecule has 1 aliphatic rings. The molecule has 35 heavy (non-hydrogen) atoms. The van der Waals surface area contributed by atoms with Crippen molar-refractivity contribution in [3.05, 3.63) is 66.7 Å². The number of carbonyl (C=O) groups is 2. The van der Waals surface area contributed by atoms with Crippen molar-refractivity contribution in [1.29, 1.82) is 0 Å². The molecule has 182 valence electrons. The highest BCUT2D eigenvalue weighted by molar-refractivity contribution is 5.89. The van der Waals surface area contributed by atoms with Crippen LogP contribution in [0.15, 0.2) is 61.2 Å². The molecule has 2 aromatic carbocycles. The summed E-state index contributed by atoms with van der Waals surface area (Å²) >= 11 is 0. The van der Waals surface area contributed by atoms with E-state index >= 15 is 0 Å². The molecule has 1 aromatic heterocycles. The largest absolute Gasteiger partial charge is 0.496 e. The van der Waals surface area contributed by atoms with Crippen molar-refractivity contribution < 1.29 is 24.2 Å². The molecule has 2 atom stereocenters. The van der Waals surface area contributed by atoms with Gasteiger partial charge in [-0.2, -0.15) is 0 Å². The van der Waals surface area contributed by atoms with Gasteiger partial charge in [-0.3, -0.25) is 4.79 Å². The number of carboxylic acid groups (broad SMARTS) is 1. The Labute approximate surface area is 203 Å². The number of methoxy groups -OCH3 is 2. The SMILES string of the molecule is COc1cccc(OC)c1-c1ccc(C[C@H](NC(=O)[C@H]2CCCN2c2cncnc2)C(=O)O)cc1. The van der Waals surface area contributed by atoms with E-state index in [1.54, 1.807) is 26.6 Å². The van der Waals surface area contributed by atoms with Crippen molar-refractivity contribution >= 4 is 17.6 Å². The first-order valence-corrected chi connectivity index (χ1v) is 11.4. The van der Waals surface area contributed by atoms with Gasteiger partial charge in [0.1, 0.15) is 29.9 Å². The average Bonchev–Trinajstić information content (AvgIpc) is 3.39. The van der Waals surface area contributed by atoms with E-state index in [0.29, 0.717) is 24.5 Å². The molecule has 0 spiro atoms. The number of hydrogen-bond donors (Lipinski definition) is 2. The summed E-state index contributed by atoms with van der Waals surface area (Å²) in [4.78, 5) is 35.0. The third-order valence-corrected chi connectivity index (χ3v) is 6.16. The number of hydrogen-bond acceptors (Lipinski definition) is 7. The monoisotopic (exact) mass is 476 g/mol. The standard InChI is InChI=1S/C26H28N4O5/c1-34-22-6-3-7-23(35-2)24(22)18-10-8-17(9-11-18)13-20(26(32)33)29-25(31)21-5-4-12-30(21)19-14-27-16-28-15-19/h3,6-11,14-16,20-21H,4-5,12-13H2,1-2H3,(H,29,31)(H,32,33)/t20-,21+/m0/s1. The van der Waals surface area contributed by atoms with Crippen molar-refractivity contribution in [1.82, 2.24) is 15.3 Å². The number of carboxylic acids is 1. The number of anilines is 1. The Balaban J connectivity index is 1.48. The van der Waals surface area contributed by atoms with Crippen LogP contribution in [0.1, 0.15) is 18.4 Å². The van der Waals surface area contributed by atoms with E-state index in [1.807, 2.05) is 47.4 Å². The lowest BCUT2D eigenvalue weighted by Crippen LogP contribution is -2.50. The van der Waals surface area contributed by atoms with Crippen molar-refractivity contribution in [2.45, 2.75) is 31.3 Å². The van der Waals surface area contributed by atoms with E-state index < -0.39 is 18.1 Å². The summed E-state index contributed by atoms with van der Waals surface area (Å²) in [5, 5.41) is 12.5. The molecule has 2 heterocycles. The molecule has 1 saturated heterocycles. The molecule has 0 saturated carbocycles. The number of benzene rings is 2. The molecule has 0 radical (unpaired) electrons. The summed E-state index contributed by atoms with van der Waals surface area (Å²) in [5.74, 6) is -0.0361. The van der Waals surface area contributed by atoms with Gasteiger partial charge in [0.25, 0.3) is 0 Å². The quantitative estimate of drug-likeness (QED) is 0.485. The Hall–Kier alpha value is -4.14. The van der Waals surface area contributed by atoms with E-state index in [0.717, 1.165) is 28.8 Å². The van der Waals surface area contributed by atoms with Crippen molar-refractivity contribution in [3.63, 3.8) is 0 Å². The maximum atomic E-state index is 13.0. The maximum absolute atomic E-state index is 13.0. The van der Waals surface area contributed by atoms with Crippen LogP contribution >= 0.6 is 0 Å². The fourth-order valence-corrected chi connectivity index (χ4v) is 4.43. The first-order chi connectivity index (χ1) is 17.0. The predicted molar refractivity (Wildman–Crippen MR) is 131 cm³/mol. The fraction of sp³-hybridized carbons (Fsp3) is 0.308. The summed E-state index contributed by atoms with van der Waals surface area (Å²) in [6, 6.07) is 11.6. The van der Waals surface area contributed by atoms with Crippen molar-refractivity contribution in [2.24, 2.45) is 0 Å². The highest BCUT2D eigenvalue weighted by Crippen LogP contribution is 2.38. The molecule has 9 nitrogen and oxygen atoms in total. The number of aliphatic carboxylic acids is 1. The summed E-state index contributed by atoms with van der Waals surface area (Å²) in [7, 11) is 3.20. The number of ether oxygens (including phenoxy) is 2. The molecule has 9 heteroatoms. The number of nitrogens with zero attached hydrogens (tertiary/aromatic N) is 3. The van der Waals surface area contributed by atoms with Crippen LogP contribution in [0.4, 0.5) is 5.69 Å². The van der Waals surface area contributed by atoms with Gasteiger partial charge in [-0.05, 0) is 36.1 Å². The second kappa shape index (κ2) is 10.9. The molecule has 0 unspecified atom stereocenters. The molecule has 3 aromatic rings. The van der Waals surface area contributed by atoms with Crippen molar-refractivity contribution in [2.75, 3.05) is 25.7 Å². The Kier molecular flexibility index (Phi) is 7.45. The van der Waals surface area contributed by atoms with Gasteiger partial charge in [0.2, 0.25) is 5.91 Å². The summed E-state index contributed by atoms with van der Waals surface area (Å²) in [6.07, 6.45) is 6.38. The number of aromatic nitrogens is 2. The molecular weight excluding hydrogens is 448 g/mol. The molecular formula is C26H28N4O5. The van der Waals surface area contributed by atoms with Gasteiger partial charge in [-0.25, -0.2) is 14.8 Å². The summed E-state index contributed by atoms with van der Waals surface area (Å²) < 4.78 is 11.0. The lowest BCUT2D eigenvalue weighted by atomic mass is 9.99. The minimum Gasteiger partial charge on any atom is -0.496 e. The Morgan fingerprint density at radius 2 is 1.74 bits per heavy atom. The maximum Gasteiger partial charge on any atom is 0.326 e.